The Kier molecular flexibility index (Phi) is 8.11. The second-order valence-corrected chi connectivity index (χ2v) is 5.84. The summed E-state index contributed by atoms with van der Waals surface area (Å²) in [6.45, 7) is 11.3. The van der Waals surface area contributed by atoms with E-state index >= 15 is 0 Å². The van der Waals surface area contributed by atoms with E-state index in [0.717, 1.165) is 45.7 Å². The van der Waals surface area contributed by atoms with E-state index in [1.165, 1.54) is 6.42 Å². The molecule has 0 aromatic carbocycles. The second-order valence-electron chi connectivity index (χ2n) is 5.84. The minimum Gasteiger partial charge on any atom is -0.346 e. The Morgan fingerprint density at radius 2 is 1.95 bits per heavy atom. The van der Waals surface area contributed by atoms with E-state index in [1.54, 1.807) is 0 Å². The summed E-state index contributed by atoms with van der Waals surface area (Å²) in [5.41, 5.74) is 5.47. The Morgan fingerprint density at radius 3 is 2.50 bits per heavy atom. The standard InChI is InChI=1S/C15H32N4O/c1-4-14(2)19-12-10-18(11-13-19)9-6-15(20)17(3)8-5-7-16/h14H,4-13,16H2,1-3H3. The van der Waals surface area contributed by atoms with Gasteiger partial charge in [0.05, 0.1) is 0 Å². The van der Waals surface area contributed by atoms with E-state index in [0.29, 0.717) is 19.0 Å². The fraction of sp³-hybridized carbons (Fsp3) is 0.933. The molecule has 1 atom stereocenters. The summed E-state index contributed by atoms with van der Waals surface area (Å²) >= 11 is 0. The van der Waals surface area contributed by atoms with Crippen LogP contribution in [0.25, 0.3) is 0 Å². The maximum absolute atomic E-state index is 12.0. The van der Waals surface area contributed by atoms with Crippen LogP contribution >= 0.6 is 0 Å². The van der Waals surface area contributed by atoms with E-state index < -0.39 is 0 Å². The van der Waals surface area contributed by atoms with Crippen LogP contribution in [0.1, 0.15) is 33.1 Å². The molecule has 5 heteroatoms. The smallest absolute Gasteiger partial charge is 0.223 e. The number of rotatable bonds is 8. The summed E-state index contributed by atoms with van der Waals surface area (Å²) in [5, 5.41) is 0. The summed E-state index contributed by atoms with van der Waals surface area (Å²) in [6.07, 6.45) is 2.73. The molecule has 1 fully saturated rings. The van der Waals surface area contributed by atoms with Crippen LogP contribution in [-0.4, -0.2) is 79.5 Å². The Hall–Kier alpha value is -0.650. The molecule has 5 nitrogen and oxygen atoms in total. The van der Waals surface area contributed by atoms with Crippen LogP contribution in [-0.2, 0) is 4.79 Å². The molecule has 0 aromatic heterocycles. The fourth-order valence-electron chi connectivity index (χ4n) is 2.58. The van der Waals surface area contributed by atoms with Crippen molar-refractivity contribution in [2.24, 2.45) is 5.73 Å². The third kappa shape index (κ3) is 5.77. The van der Waals surface area contributed by atoms with Crippen molar-refractivity contribution in [3.63, 3.8) is 0 Å². The Bertz CT molecular complexity index is 277. The number of hydrogen-bond donors (Lipinski definition) is 1. The first-order chi connectivity index (χ1) is 9.58. The van der Waals surface area contributed by atoms with Crippen LogP contribution in [0.4, 0.5) is 0 Å². The fourth-order valence-corrected chi connectivity index (χ4v) is 2.58. The number of piperazine rings is 1. The van der Waals surface area contributed by atoms with Crippen molar-refractivity contribution in [2.45, 2.75) is 39.2 Å². The van der Waals surface area contributed by atoms with Gasteiger partial charge in [-0.1, -0.05) is 6.92 Å². The molecular weight excluding hydrogens is 252 g/mol. The van der Waals surface area contributed by atoms with Gasteiger partial charge in [-0.2, -0.15) is 0 Å². The van der Waals surface area contributed by atoms with Gasteiger partial charge in [-0.15, -0.1) is 0 Å². The highest BCUT2D eigenvalue weighted by atomic mass is 16.2. The van der Waals surface area contributed by atoms with Crippen LogP contribution in [0, 0.1) is 0 Å². The van der Waals surface area contributed by atoms with Crippen LogP contribution < -0.4 is 5.73 Å². The average molecular weight is 284 g/mol. The highest BCUT2D eigenvalue weighted by molar-refractivity contribution is 5.76. The van der Waals surface area contributed by atoms with Crippen LogP contribution in [0.5, 0.6) is 0 Å². The zero-order chi connectivity index (χ0) is 15.0. The molecule has 1 rings (SSSR count). The number of amides is 1. The molecule has 1 unspecified atom stereocenters. The van der Waals surface area contributed by atoms with Gasteiger partial charge in [0.25, 0.3) is 0 Å². The minimum atomic E-state index is 0.239. The van der Waals surface area contributed by atoms with Gasteiger partial charge in [0.15, 0.2) is 0 Å². The zero-order valence-corrected chi connectivity index (χ0v) is 13.5. The minimum absolute atomic E-state index is 0.239. The number of carbonyl (C=O) groups excluding carboxylic acids is 1. The van der Waals surface area contributed by atoms with Gasteiger partial charge in [0.2, 0.25) is 5.91 Å². The van der Waals surface area contributed by atoms with E-state index in [9.17, 15) is 4.79 Å². The van der Waals surface area contributed by atoms with Gasteiger partial charge < -0.3 is 15.5 Å². The van der Waals surface area contributed by atoms with Crippen molar-refractivity contribution in [1.82, 2.24) is 14.7 Å². The molecule has 1 aliphatic heterocycles. The lowest BCUT2D eigenvalue weighted by atomic mass is 10.2. The first-order valence-corrected chi connectivity index (χ1v) is 7.99. The molecular formula is C15H32N4O. The van der Waals surface area contributed by atoms with Crippen molar-refractivity contribution in [3.05, 3.63) is 0 Å². The van der Waals surface area contributed by atoms with Gasteiger partial charge >= 0.3 is 0 Å². The zero-order valence-electron chi connectivity index (χ0n) is 13.5. The van der Waals surface area contributed by atoms with Gasteiger partial charge in [0.1, 0.15) is 0 Å². The van der Waals surface area contributed by atoms with E-state index in [2.05, 4.69) is 23.6 Å². The maximum atomic E-state index is 12.0. The third-order valence-corrected chi connectivity index (χ3v) is 4.39. The maximum Gasteiger partial charge on any atom is 0.223 e. The lowest BCUT2D eigenvalue weighted by molar-refractivity contribution is -0.130. The summed E-state index contributed by atoms with van der Waals surface area (Å²) in [5.74, 6) is 0.239. The highest BCUT2D eigenvalue weighted by Crippen LogP contribution is 2.09. The SMILES string of the molecule is CCC(C)N1CCN(CCC(=O)N(C)CCCN)CC1. The molecule has 1 saturated heterocycles. The van der Waals surface area contributed by atoms with Gasteiger partial charge in [-0.3, -0.25) is 9.69 Å². The Morgan fingerprint density at radius 1 is 1.30 bits per heavy atom. The molecule has 0 saturated carbocycles. The molecule has 1 aliphatic rings. The molecule has 20 heavy (non-hydrogen) atoms. The Balaban J connectivity index is 2.19. The van der Waals surface area contributed by atoms with Crippen molar-refractivity contribution in [1.29, 1.82) is 0 Å². The number of carbonyl (C=O) groups is 1. The van der Waals surface area contributed by atoms with Gasteiger partial charge in [-0.05, 0) is 26.3 Å². The molecule has 0 radical (unpaired) electrons. The summed E-state index contributed by atoms with van der Waals surface area (Å²) in [6, 6.07) is 0.682. The van der Waals surface area contributed by atoms with E-state index in [1.807, 2.05) is 11.9 Å². The van der Waals surface area contributed by atoms with Crippen molar-refractivity contribution >= 4 is 5.91 Å². The van der Waals surface area contributed by atoms with Crippen LogP contribution in [0.2, 0.25) is 0 Å². The van der Waals surface area contributed by atoms with Gasteiger partial charge in [0, 0.05) is 58.8 Å². The molecule has 0 bridgehead atoms. The van der Waals surface area contributed by atoms with Crippen LogP contribution in [0.3, 0.4) is 0 Å². The second kappa shape index (κ2) is 9.32. The predicted molar refractivity (Wildman–Crippen MR) is 83.7 cm³/mol. The monoisotopic (exact) mass is 284 g/mol. The van der Waals surface area contributed by atoms with Crippen LogP contribution in [0.15, 0.2) is 0 Å². The number of nitrogens with two attached hydrogens (primary N) is 1. The quantitative estimate of drug-likeness (QED) is 0.709. The first kappa shape index (κ1) is 17.4. The number of nitrogens with zero attached hydrogens (tertiary/aromatic N) is 3. The molecule has 1 amide bonds. The molecule has 0 aliphatic carbocycles. The van der Waals surface area contributed by atoms with Gasteiger partial charge in [-0.25, -0.2) is 0 Å². The number of hydrogen-bond acceptors (Lipinski definition) is 4. The molecule has 118 valence electrons. The molecule has 2 N–H and O–H groups in total. The third-order valence-electron chi connectivity index (χ3n) is 4.39. The molecule has 0 aromatic rings. The van der Waals surface area contributed by atoms with Crippen molar-refractivity contribution in [2.75, 3.05) is 52.9 Å². The largest absolute Gasteiger partial charge is 0.346 e. The predicted octanol–water partition coefficient (Wildman–Crippen LogP) is 0.600. The summed E-state index contributed by atoms with van der Waals surface area (Å²) < 4.78 is 0. The molecule has 1 heterocycles. The van der Waals surface area contributed by atoms with Crippen molar-refractivity contribution in [3.8, 4) is 0 Å². The lowest BCUT2D eigenvalue weighted by Crippen LogP contribution is -2.50. The lowest BCUT2D eigenvalue weighted by Gasteiger charge is -2.37. The normalized spacial score (nSPS) is 19.0. The topological polar surface area (TPSA) is 52.8 Å². The Labute approximate surface area is 124 Å². The summed E-state index contributed by atoms with van der Waals surface area (Å²) in [7, 11) is 1.87. The average Bonchev–Trinajstić information content (AvgIpc) is 2.49. The first-order valence-electron chi connectivity index (χ1n) is 7.99. The van der Waals surface area contributed by atoms with E-state index in [-0.39, 0.29) is 5.91 Å². The van der Waals surface area contributed by atoms with E-state index in [4.69, 9.17) is 5.73 Å². The van der Waals surface area contributed by atoms with Crippen molar-refractivity contribution < 1.29 is 4.79 Å². The summed E-state index contributed by atoms with van der Waals surface area (Å²) in [4.78, 5) is 18.7. The highest BCUT2D eigenvalue weighted by Gasteiger charge is 2.20. The molecule has 0 spiro atoms.